The Labute approximate surface area is 159 Å². The maximum Gasteiger partial charge on any atom is 0.248 e. The average Bonchev–Trinajstić information content (AvgIpc) is 3.39. The van der Waals surface area contributed by atoms with Gasteiger partial charge in [0.05, 0.1) is 17.9 Å². The molecule has 2 aromatic rings. The van der Waals surface area contributed by atoms with Gasteiger partial charge in [0.25, 0.3) is 0 Å². The molecule has 1 amide bonds. The third-order valence-electron chi connectivity index (χ3n) is 5.92. The number of nitrogens with zero attached hydrogens (tertiary/aromatic N) is 4. The number of anilines is 1. The predicted molar refractivity (Wildman–Crippen MR) is 104 cm³/mol. The van der Waals surface area contributed by atoms with E-state index in [0.717, 1.165) is 63.0 Å². The molecule has 0 spiro atoms. The number of amides is 1. The molecule has 27 heavy (non-hydrogen) atoms. The summed E-state index contributed by atoms with van der Waals surface area (Å²) in [5.41, 5.74) is 7.01. The summed E-state index contributed by atoms with van der Waals surface area (Å²) in [7, 11) is 0. The molecule has 2 heterocycles. The van der Waals surface area contributed by atoms with Gasteiger partial charge in [-0.25, -0.2) is 4.68 Å². The second-order valence-electron chi connectivity index (χ2n) is 7.70. The zero-order chi connectivity index (χ0) is 18.7. The molecule has 0 atom stereocenters. The Hall–Kier alpha value is -2.41. The molecule has 7 nitrogen and oxygen atoms in total. The number of carbonyl (C=O) groups excluding carboxylic acids is 1. The van der Waals surface area contributed by atoms with Crippen LogP contribution in [0.2, 0.25) is 0 Å². The fraction of sp³-hybridized carbons (Fsp3) is 0.550. The van der Waals surface area contributed by atoms with Crippen LogP contribution < -0.4 is 11.1 Å². The van der Waals surface area contributed by atoms with Crippen molar-refractivity contribution in [3.05, 3.63) is 42.2 Å². The fourth-order valence-electron chi connectivity index (χ4n) is 4.39. The van der Waals surface area contributed by atoms with Crippen LogP contribution in [0.4, 0.5) is 5.69 Å². The first kappa shape index (κ1) is 18.0. The third-order valence-corrected chi connectivity index (χ3v) is 5.92. The molecule has 1 saturated heterocycles. The molecule has 1 aliphatic carbocycles. The lowest BCUT2D eigenvalue weighted by atomic mass is 9.93. The Balaban J connectivity index is 1.42. The highest BCUT2D eigenvalue weighted by molar-refractivity contribution is 5.90. The maximum absolute atomic E-state index is 13.4. The first-order valence-electron chi connectivity index (χ1n) is 9.93. The summed E-state index contributed by atoms with van der Waals surface area (Å²) < 4.78 is 1.91. The molecule has 1 aromatic carbocycles. The van der Waals surface area contributed by atoms with Crippen molar-refractivity contribution in [3.8, 4) is 0 Å². The summed E-state index contributed by atoms with van der Waals surface area (Å²) in [5.74, 6) is 0.253. The lowest BCUT2D eigenvalue weighted by Gasteiger charge is -2.39. The van der Waals surface area contributed by atoms with Crippen molar-refractivity contribution in [2.45, 2.75) is 56.7 Å². The van der Waals surface area contributed by atoms with Gasteiger partial charge in [0.1, 0.15) is 5.54 Å². The van der Waals surface area contributed by atoms with Crippen LogP contribution in [0.3, 0.4) is 0 Å². The number of piperidine rings is 1. The monoisotopic (exact) mass is 368 g/mol. The topological polar surface area (TPSA) is 89.1 Å². The smallest absolute Gasteiger partial charge is 0.248 e. The Bertz CT molecular complexity index is 760. The van der Waals surface area contributed by atoms with E-state index in [2.05, 4.69) is 15.6 Å². The van der Waals surface area contributed by atoms with Gasteiger partial charge in [-0.1, -0.05) is 36.3 Å². The zero-order valence-electron chi connectivity index (χ0n) is 15.7. The van der Waals surface area contributed by atoms with E-state index >= 15 is 0 Å². The Morgan fingerprint density at radius 2 is 1.89 bits per heavy atom. The predicted octanol–water partition coefficient (Wildman–Crippen LogP) is 2.33. The van der Waals surface area contributed by atoms with E-state index in [9.17, 15) is 4.79 Å². The molecule has 2 aliphatic rings. The summed E-state index contributed by atoms with van der Waals surface area (Å²) in [6.07, 6.45) is 7.75. The van der Waals surface area contributed by atoms with Crippen molar-refractivity contribution < 1.29 is 4.79 Å². The lowest BCUT2D eigenvalue weighted by molar-refractivity contribution is -0.137. The molecular formula is C20H28N6O. The highest BCUT2D eigenvalue weighted by Gasteiger charge is 2.44. The number of carbonyl (C=O) groups is 1. The second-order valence-corrected chi connectivity index (χ2v) is 7.70. The molecule has 3 N–H and O–H groups in total. The van der Waals surface area contributed by atoms with Gasteiger partial charge in [-0.15, -0.1) is 5.10 Å². The van der Waals surface area contributed by atoms with Crippen molar-refractivity contribution in [1.29, 1.82) is 0 Å². The quantitative estimate of drug-likeness (QED) is 0.845. The van der Waals surface area contributed by atoms with Crippen molar-refractivity contribution in [3.63, 3.8) is 0 Å². The summed E-state index contributed by atoms with van der Waals surface area (Å²) in [5, 5.41) is 11.9. The van der Waals surface area contributed by atoms with E-state index in [4.69, 9.17) is 5.73 Å². The summed E-state index contributed by atoms with van der Waals surface area (Å²) >= 11 is 0. The average molecular weight is 368 g/mol. The number of rotatable bonds is 5. The van der Waals surface area contributed by atoms with Crippen LogP contribution in [0.25, 0.3) is 0 Å². The van der Waals surface area contributed by atoms with Gasteiger partial charge in [0.15, 0.2) is 0 Å². The summed E-state index contributed by atoms with van der Waals surface area (Å²) in [4.78, 5) is 15.5. The van der Waals surface area contributed by atoms with Crippen molar-refractivity contribution in [2.75, 3.05) is 18.4 Å². The minimum Gasteiger partial charge on any atom is -0.371 e. The van der Waals surface area contributed by atoms with Gasteiger partial charge in [0, 0.05) is 25.3 Å². The van der Waals surface area contributed by atoms with E-state index in [-0.39, 0.29) is 5.91 Å². The molecule has 1 aliphatic heterocycles. The van der Waals surface area contributed by atoms with Crippen molar-refractivity contribution in [1.82, 2.24) is 19.9 Å². The minimum absolute atomic E-state index is 0.253. The highest BCUT2D eigenvalue weighted by atomic mass is 16.2. The normalized spacial score (nSPS) is 20.0. The Morgan fingerprint density at radius 3 is 2.52 bits per heavy atom. The lowest BCUT2D eigenvalue weighted by Crippen LogP contribution is -2.54. The molecule has 1 saturated carbocycles. The molecule has 0 bridgehead atoms. The van der Waals surface area contributed by atoms with Gasteiger partial charge in [-0.05, 0) is 37.8 Å². The molecule has 1 aromatic heterocycles. The minimum atomic E-state index is -0.450. The van der Waals surface area contributed by atoms with Gasteiger partial charge in [-0.2, -0.15) is 0 Å². The van der Waals surface area contributed by atoms with Crippen molar-refractivity contribution in [2.24, 2.45) is 5.73 Å². The molecule has 0 radical (unpaired) electrons. The number of nitrogens with one attached hydrogen (secondary N) is 1. The van der Waals surface area contributed by atoms with Crippen LogP contribution in [0, 0.1) is 0 Å². The van der Waals surface area contributed by atoms with Crippen LogP contribution in [-0.4, -0.2) is 44.4 Å². The number of hydrogen-bond donors (Lipinski definition) is 2. The van der Waals surface area contributed by atoms with E-state index in [1.54, 1.807) is 0 Å². The van der Waals surface area contributed by atoms with Crippen LogP contribution in [0.5, 0.6) is 0 Å². The summed E-state index contributed by atoms with van der Waals surface area (Å²) in [6, 6.07) is 10.4. The number of aromatic nitrogens is 3. The third kappa shape index (κ3) is 3.69. The Kier molecular flexibility index (Phi) is 5.11. The fourth-order valence-corrected chi connectivity index (χ4v) is 4.39. The van der Waals surface area contributed by atoms with E-state index in [1.165, 1.54) is 0 Å². The molecule has 2 fully saturated rings. The van der Waals surface area contributed by atoms with E-state index in [1.807, 2.05) is 46.1 Å². The first-order chi connectivity index (χ1) is 13.2. The maximum atomic E-state index is 13.4. The van der Waals surface area contributed by atoms with Gasteiger partial charge < -0.3 is 16.0 Å². The van der Waals surface area contributed by atoms with Crippen molar-refractivity contribution >= 4 is 11.6 Å². The molecule has 4 rings (SSSR count). The molecule has 0 unspecified atom stereocenters. The number of hydrogen-bond acceptors (Lipinski definition) is 5. The number of nitrogens with two attached hydrogens (primary N) is 1. The van der Waals surface area contributed by atoms with E-state index in [0.29, 0.717) is 12.6 Å². The number of para-hydroxylation sites is 1. The largest absolute Gasteiger partial charge is 0.371 e. The van der Waals surface area contributed by atoms with Crippen LogP contribution in [0.1, 0.15) is 50.3 Å². The molecule has 144 valence electrons. The Morgan fingerprint density at radius 1 is 1.19 bits per heavy atom. The van der Waals surface area contributed by atoms with Gasteiger partial charge in [0.2, 0.25) is 5.91 Å². The first-order valence-corrected chi connectivity index (χ1v) is 9.93. The van der Waals surface area contributed by atoms with Gasteiger partial charge in [-0.3, -0.25) is 4.79 Å². The SMILES string of the molecule is NCc1cn(C2CCN(C(=O)C3(Nc4ccccc4)CCCC3)CC2)nn1. The number of likely N-dealkylation sites (tertiary alicyclic amines) is 1. The van der Waals surface area contributed by atoms with Crippen LogP contribution >= 0.6 is 0 Å². The van der Waals surface area contributed by atoms with Crippen LogP contribution in [-0.2, 0) is 11.3 Å². The van der Waals surface area contributed by atoms with E-state index < -0.39 is 5.54 Å². The number of benzene rings is 1. The van der Waals surface area contributed by atoms with Gasteiger partial charge >= 0.3 is 0 Å². The molecular weight excluding hydrogens is 340 g/mol. The summed E-state index contributed by atoms with van der Waals surface area (Å²) in [6.45, 7) is 1.93. The second kappa shape index (κ2) is 7.68. The zero-order valence-corrected chi connectivity index (χ0v) is 15.7. The highest BCUT2D eigenvalue weighted by Crippen LogP contribution is 2.36. The molecule has 7 heteroatoms. The standard InChI is InChI=1S/C20H28N6O/c21-14-17-15-26(24-23-17)18-8-12-25(13-9-18)19(27)20(10-4-5-11-20)22-16-6-2-1-3-7-16/h1-3,6-7,15,18,22H,4-5,8-14,21H2. The van der Waals surface area contributed by atoms with Crippen LogP contribution in [0.15, 0.2) is 36.5 Å².